The Hall–Kier alpha value is -2.15. The van der Waals surface area contributed by atoms with Crippen LogP contribution in [0.4, 0.5) is 11.4 Å². The highest BCUT2D eigenvalue weighted by molar-refractivity contribution is 7.80. The van der Waals surface area contributed by atoms with Crippen LogP contribution in [0.3, 0.4) is 0 Å². The molecule has 1 fully saturated rings. The van der Waals surface area contributed by atoms with Gasteiger partial charge in [0.05, 0.1) is 10.6 Å². The van der Waals surface area contributed by atoms with Crippen molar-refractivity contribution in [3.63, 3.8) is 0 Å². The van der Waals surface area contributed by atoms with Gasteiger partial charge >= 0.3 is 0 Å². The average Bonchev–Trinajstić information content (AvgIpc) is 2.69. The fourth-order valence-electron chi connectivity index (χ4n) is 3.06. The van der Waals surface area contributed by atoms with Gasteiger partial charge in [-0.1, -0.05) is 30.7 Å². The largest absolute Gasteiger partial charge is 0.369 e. The van der Waals surface area contributed by atoms with Crippen molar-refractivity contribution in [2.75, 3.05) is 42.9 Å². The van der Waals surface area contributed by atoms with Crippen molar-refractivity contribution in [3.8, 4) is 0 Å². The molecule has 142 valence electrons. The Morgan fingerprint density at radius 2 is 1.74 bits per heavy atom. The molecule has 27 heavy (non-hydrogen) atoms. The summed E-state index contributed by atoms with van der Waals surface area (Å²) in [6.45, 7) is 7.56. The molecule has 1 amide bonds. The molecule has 0 spiro atoms. The number of hydrogen-bond acceptors (Lipinski definition) is 4. The van der Waals surface area contributed by atoms with Crippen LogP contribution in [0.15, 0.2) is 48.5 Å². The number of likely N-dealkylation sites (N-methyl/N-ethyl adjacent to an activating group) is 1. The molecule has 0 saturated carbocycles. The lowest BCUT2D eigenvalue weighted by atomic mass is 10.2. The zero-order valence-corrected chi connectivity index (χ0v) is 16.8. The minimum Gasteiger partial charge on any atom is -0.369 e. The molecule has 0 unspecified atom stereocenters. The standard InChI is InChI=1S/C20H23ClN4OS/c1-2-24-11-13-25(14-12-24)16-9-7-15(8-10-16)22-20(27)23-19(26)17-5-3-4-6-18(17)21/h3-10H,2,11-14H2,1H3,(H2,22,23,26,27). The number of rotatable bonds is 4. The van der Waals surface area contributed by atoms with Crippen LogP contribution in [0.1, 0.15) is 17.3 Å². The summed E-state index contributed by atoms with van der Waals surface area (Å²) < 4.78 is 0. The molecule has 2 aromatic carbocycles. The number of anilines is 2. The molecule has 1 heterocycles. The van der Waals surface area contributed by atoms with Crippen molar-refractivity contribution >= 4 is 46.2 Å². The highest BCUT2D eigenvalue weighted by Gasteiger charge is 2.16. The number of halogens is 1. The Morgan fingerprint density at radius 1 is 1.07 bits per heavy atom. The lowest BCUT2D eigenvalue weighted by Gasteiger charge is -2.35. The van der Waals surface area contributed by atoms with E-state index in [1.807, 2.05) is 12.1 Å². The third kappa shape index (κ3) is 5.19. The number of nitrogens with zero attached hydrogens (tertiary/aromatic N) is 2. The summed E-state index contributed by atoms with van der Waals surface area (Å²) in [4.78, 5) is 17.1. The van der Waals surface area contributed by atoms with Crippen LogP contribution in [-0.4, -0.2) is 48.6 Å². The SMILES string of the molecule is CCN1CCN(c2ccc(NC(=S)NC(=O)c3ccccc3Cl)cc2)CC1. The number of carbonyl (C=O) groups excluding carboxylic acids is 1. The maximum atomic E-state index is 12.2. The summed E-state index contributed by atoms with van der Waals surface area (Å²) in [5.41, 5.74) is 2.42. The van der Waals surface area contributed by atoms with E-state index in [0.29, 0.717) is 10.6 Å². The van der Waals surface area contributed by atoms with Crippen molar-refractivity contribution in [2.45, 2.75) is 6.92 Å². The Balaban J connectivity index is 1.54. The molecule has 0 atom stereocenters. The van der Waals surface area contributed by atoms with Crippen LogP contribution < -0.4 is 15.5 Å². The fraction of sp³-hybridized carbons (Fsp3) is 0.300. The molecule has 7 heteroatoms. The van der Waals surface area contributed by atoms with Gasteiger partial charge < -0.3 is 15.1 Å². The molecular weight excluding hydrogens is 380 g/mol. The number of benzene rings is 2. The third-order valence-electron chi connectivity index (χ3n) is 4.66. The van der Waals surface area contributed by atoms with Gasteiger partial charge in [-0.3, -0.25) is 10.1 Å². The molecule has 0 aromatic heterocycles. The van der Waals surface area contributed by atoms with E-state index >= 15 is 0 Å². The van der Waals surface area contributed by atoms with Gasteiger partial charge in [0.25, 0.3) is 5.91 Å². The van der Waals surface area contributed by atoms with Crippen molar-refractivity contribution in [1.82, 2.24) is 10.2 Å². The van der Waals surface area contributed by atoms with Crippen molar-refractivity contribution in [1.29, 1.82) is 0 Å². The fourth-order valence-corrected chi connectivity index (χ4v) is 3.49. The van der Waals surface area contributed by atoms with Gasteiger partial charge in [-0.25, -0.2) is 0 Å². The zero-order valence-electron chi connectivity index (χ0n) is 15.2. The van der Waals surface area contributed by atoms with Gasteiger partial charge in [-0.2, -0.15) is 0 Å². The first kappa shape index (κ1) is 19.6. The Bertz CT molecular complexity index is 804. The second kappa shape index (κ2) is 9.17. The first-order valence-electron chi connectivity index (χ1n) is 9.01. The number of piperazine rings is 1. The van der Waals surface area contributed by atoms with E-state index in [9.17, 15) is 4.79 Å². The maximum absolute atomic E-state index is 12.2. The van der Waals surface area contributed by atoms with E-state index in [-0.39, 0.29) is 11.0 Å². The normalized spacial score (nSPS) is 14.7. The van der Waals surface area contributed by atoms with E-state index in [4.69, 9.17) is 23.8 Å². The lowest BCUT2D eigenvalue weighted by Crippen LogP contribution is -2.46. The van der Waals surface area contributed by atoms with Crippen LogP contribution in [0, 0.1) is 0 Å². The van der Waals surface area contributed by atoms with Gasteiger partial charge in [0.15, 0.2) is 5.11 Å². The molecule has 5 nitrogen and oxygen atoms in total. The van der Waals surface area contributed by atoms with E-state index in [1.165, 1.54) is 5.69 Å². The van der Waals surface area contributed by atoms with E-state index < -0.39 is 0 Å². The van der Waals surface area contributed by atoms with Crippen molar-refractivity contribution in [2.24, 2.45) is 0 Å². The second-order valence-electron chi connectivity index (χ2n) is 6.36. The zero-order chi connectivity index (χ0) is 19.2. The number of amides is 1. The van der Waals surface area contributed by atoms with Gasteiger partial charge in [0, 0.05) is 37.6 Å². The van der Waals surface area contributed by atoms with E-state index in [1.54, 1.807) is 24.3 Å². The van der Waals surface area contributed by atoms with Crippen LogP contribution in [-0.2, 0) is 0 Å². The van der Waals surface area contributed by atoms with Crippen LogP contribution in [0.5, 0.6) is 0 Å². The van der Waals surface area contributed by atoms with Gasteiger partial charge in [-0.05, 0) is 55.2 Å². The molecule has 0 aliphatic carbocycles. The third-order valence-corrected chi connectivity index (χ3v) is 5.19. The predicted octanol–water partition coefficient (Wildman–Crippen LogP) is 3.61. The summed E-state index contributed by atoms with van der Waals surface area (Å²) in [5.74, 6) is -0.330. The molecule has 1 saturated heterocycles. The van der Waals surface area contributed by atoms with Crippen LogP contribution in [0.25, 0.3) is 0 Å². The highest BCUT2D eigenvalue weighted by Crippen LogP contribution is 2.20. The smallest absolute Gasteiger partial charge is 0.258 e. The number of carbonyl (C=O) groups is 1. The number of nitrogens with one attached hydrogen (secondary N) is 2. The molecule has 3 rings (SSSR count). The topological polar surface area (TPSA) is 47.6 Å². The molecule has 0 radical (unpaired) electrons. The highest BCUT2D eigenvalue weighted by atomic mass is 35.5. The first-order chi connectivity index (χ1) is 13.1. The van der Waals surface area contributed by atoms with Crippen LogP contribution >= 0.6 is 23.8 Å². The summed E-state index contributed by atoms with van der Waals surface area (Å²) in [6, 6.07) is 14.9. The van der Waals surface area contributed by atoms with Gasteiger partial charge in [0.2, 0.25) is 0 Å². The first-order valence-corrected chi connectivity index (χ1v) is 9.79. The van der Waals surface area contributed by atoms with Crippen molar-refractivity contribution in [3.05, 3.63) is 59.1 Å². The minimum atomic E-state index is -0.330. The van der Waals surface area contributed by atoms with Gasteiger partial charge in [-0.15, -0.1) is 0 Å². The Morgan fingerprint density at radius 3 is 2.37 bits per heavy atom. The number of hydrogen-bond donors (Lipinski definition) is 2. The molecule has 2 N–H and O–H groups in total. The summed E-state index contributed by atoms with van der Waals surface area (Å²) in [7, 11) is 0. The molecular formula is C20H23ClN4OS. The predicted molar refractivity (Wildman–Crippen MR) is 116 cm³/mol. The lowest BCUT2D eigenvalue weighted by molar-refractivity contribution is 0.0978. The van der Waals surface area contributed by atoms with Crippen LogP contribution in [0.2, 0.25) is 5.02 Å². The quantitative estimate of drug-likeness (QED) is 0.765. The van der Waals surface area contributed by atoms with Crippen molar-refractivity contribution < 1.29 is 4.79 Å². The monoisotopic (exact) mass is 402 g/mol. The average molecular weight is 403 g/mol. The van der Waals surface area contributed by atoms with E-state index in [2.05, 4.69) is 39.5 Å². The molecule has 1 aliphatic heterocycles. The summed E-state index contributed by atoms with van der Waals surface area (Å²) in [5, 5.41) is 6.33. The number of thiocarbonyl (C=S) groups is 1. The maximum Gasteiger partial charge on any atom is 0.258 e. The van der Waals surface area contributed by atoms with Gasteiger partial charge in [0.1, 0.15) is 0 Å². The molecule has 0 bridgehead atoms. The van der Waals surface area contributed by atoms with E-state index in [0.717, 1.165) is 38.4 Å². The second-order valence-corrected chi connectivity index (χ2v) is 7.17. The minimum absolute atomic E-state index is 0.240. The Labute approximate surface area is 170 Å². The summed E-state index contributed by atoms with van der Waals surface area (Å²) in [6.07, 6.45) is 0. The summed E-state index contributed by atoms with van der Waals surface area (Å²) >= 11 is 11.3. The molecule has 1 aliphatic rings. The Kier molecular flexibility index (Phi) is 6.66. The molecule has 2 aromatic rings.